The van der Waals surface area contributed by atoms with Gasteiger partial charge in [0.2, 0.25) is 5.95 Å². The summed E-state index contributed by atoms with van der Waals surface area (Å²) in [6.07, 6.45) is 0. The number of nitrogens with two attached hydrogens (primary N) is 2. The van der Waals surface area contributed by atoms with Gasteiger partial charge in [-0.3, -0.25) is 0 Å². The molecule has 0 aliphatic rings. The van der Waals surface area contributed by atoms with Gasteiger partial charge in [-0.15, -0.1) is 0 Å². The van der Waals surface area contributed by atoms with Crippen molar-refractivity contribution < 1.29 is 0 Å². The fourth-order valence-corrected chi connectivity index (χ4v) is 1.91. The maximum Gasteiger partial charge on any atom is 0.223 e. The second-order valence-corrected chi connectivity index (χ2v) is 4.66. The Bertz CT molecular complexity index is 616. The number of nitrogens with one attached hydrogen (secondary N) is 2. The van der Waals surface area contributed by atoms with Crippen LogP contribution in [-0.2, 0) is 0 Å². The van der Waals surface area contributed by atoms with Gasteiger partial charge in [-0.25, -0.2) is 5.84 Å². The zero-order valence-corrected chi connectivity index (χ0v) is 11.5. The number of hydrogen-bond donors (Lipinski definition) is 4. The van der Waals surface area contributed by atoms with E-state index in [9.17, 15) is 0 Å². The van der Waals surface area contributed by atoms with Crippen LogP contribution in [-0.4, -0.2) is 9.97 Å². The molecule has 19 heavy (non-hydrogen) atoms. The molecular formula is C11H12Cl2N6. The van der Waals surface area contributed by atoms with Crippen molar-refractivity contribution in [3.63, 3.8) is 0 Å². The molecule has 6 N–H and O–H groups in total. The third-order valence-corrected chi connectivity index (χ3v) is 3.12. The minimum atomic E-state index is 0.0901. The molecule has 0 radical (unpaired) electrons. The SMILES string of the molecule is Cc1cc(Cl)c(Nc2cc(NN)nc(N)n2)cc1Cl. The Balaban J connectivity index is 2.36. The van der Waals surface area contributed by atoms with Crippen LogP contribution < -0.4 is 22.3 Å². The molecule has 2 rings (SSSR count). The van der Waals surface area contributed by atoms with Crippen molar-refractivity contribution in [3.8, 4) is 0 Å². The molecule has 0 unspecified atom stereocenters. The average Bonchev–Trinajstić information content (AvgIpc) is 2.35. The van der Waals surface area contributed by atoms with Gasteiger partial charge in [0.25, 0.3) is 0 Å². The standard InChI is InChI=1S/C11H12Cl2N6/c1-5-2-7(13)8(3-6(5)12)16-9-4-10(19-15)18-11(14)17-9/h2-4H,15H2,1H3,(H4,14,16,17,18,19). The summed E-state index contributed by atoms with van der Waals surface area (Å²) in [5.74, 6) is 6.23. The molecule has 0 saturated heterocycles. The summed E-state index contributed by atoms with van der Waals surface area (Å²) in [6.45, 7) is 1.87. The van der Waals surface area contributed by atoms with Crippen molar-refractivity contribution in [2.75, 3.05) is 16.5 Å². The summed E-state index contributed by atoms with van der Waals surface area (Å²) in [7, 11) is 0. The highest BCUT2D eigenvalue weighted by Crippen LogP contribution is 2.31. The van der Waals surface area contributed by atoms with E-state index in [1.54, 1.807) is 18.2 Å². The second kappa shape index (κ2) is 5.48. The molecule has 1 aromatic carbocycles. The van der Waals surface area contributed by atoms with Crippen LogP contribution in [0.5, 0.6) is 0 Å². The van der Waals surface area contributed by atoms with Crippen LogP contribution in [0.3, 0.4) is 0 Å². The molecule has 2 aromatic rings. The summed E-state index contributed by atoms with van der Waals surface area (Å²) < 4.78 is 0. The molecule has 0 saturated carbocycles. The van der Waals surface area contributed by atoms with E-state index in [4.69, 9.17) is 34.8 Å². The normalized spacial score (nSPS) is 10.3. The number of aryl methyl sites for hydroxylation is 1. The molecule has 100 valence electrons. The van der Waals surface area contributed by atoms with E-state index in [1.807, 2.05) is 6.92 Å². The number of anilines is 4. The second-order valence-electron chi connectivity index (χ2n) is 3.85. The van der Waals surface area contributed by atoms with Crippen LogP contribution in [0.25, 0.3) is 0 Å². The summed E-state index contributed by atoms with van der Waals surface area (Å²) >= 11 is 12.2. The Labute approximate surface area is 120 Å². The zero-order chi connectivity index (χ0) is 14.0. The van der Waals surface area contributed by atoms with Crippen molar-refractivity contribution in [1.29, 1.82) is 0 Å². The van der Waals surface area contributed by atoms with E-state index in [1.165, 1.54) is 0 Å². The molecule has 0 fully saturated rings. The van der Waals surface area contributed by atoms with Crippen LogP contribution in [0, 0.1) is 6.92 Å². The van der Waals surface area contributed by atoms with Gasteiger partial charge in [0, 0.05) is 11.1 Å². The summed E-state index contributed by atoms with van der Waals surface area (Å²) in [6, 6.07) is 5.08. The highest BCUT2D eigenvalue weighted by molar-refractivity contribution is 6.35. The Hall–Kier alpha value is -1.76. The van der Waals surface area contributed by atoms with Crippen LogP contribution in [0.1, 0.15) is 5.56 Å². The number of hydrogen-bond acceptors (Lipinski definition) is 6. The molecular weight excluding hydrogens is 287 g/mol. The van der Waals surface area contributed by atoms with Gasteiger partial charge < -0.3 is 16.5 Å². The summed E-state index contributed by atoms with van der Waals surface area (Å²) in [5.41, 5.74) is 9.48. The number of benzene rings is 1. The molecule has 1 aromatic heterocycles. The predicted octanol–water partition coefficient (Wildman–Crippen LogP) is 2.70. The van der Waals surface area contributed by atoms with E-state index >= 15 is 0 Å². The maximum absolute atomic E-state index is 6.13. The highest BCUT2D eigenvalue weighted by Gasteiger charge is 2.07. The van der Waals surface area contributed by atoms with E-state index < -0.39 is 0 Å². The summed E-state index contributed by atoms with van der Waals surface area (Å²) in [4.78, 5) is 7.91. The largest absolute Gasteiger partial charge is 0.368 e. The number of nitrogen functional groups attached to an aromatic ring is 2. The van der Waals surface area contributed by atoms with Crippen LogP contribution in [0.15, 0.2) is 18.2 Å². The number of aromatic nitrogens is 2. The van der Waals surface area contributed by atoms with Crippen molar-refractivity contribution in [2.45, 2.75) is 6.92 Å². The molecule has 6 nitrogen and oxygen atoms in total. The Morgan fingerprint density at radius 1 is 1.05 bits per heavy atom. The number of rotatable bonds is 3. The van der Waals surface area contributed by atoms with Crippen molar-refractivity contribution >= 4 is 46.5 Å². The van der Waals surface area contributed by atoms with Crippen LogP contribution >= 0.6 is 23.2 Å². The first-order valence-corrected chi connectivity index (χ1v) is 6.09. The third kappa shape index (κ3) is 3.17. The number of hydrazine groups is 1. The Kier molecular flexibility index (Phi) is 3.94. The van der Waals surface area contributed by atoms with E-state index in [2.05, 4.69) is 20.7 Å². The average molecular weight is 299 g/mol. The predicted molar refractivity (Wildman–Crippen MR) is 78.7 cm³/mol. The van der Waals surface area contributed by atoms with E-state index in [0.29, 0.717) is 27.4 Å². The van der Waals surface area contributed by atoms with Crippen LogP contribution in [0.4, 0.5) is 23.3 Å². The fourth-order valence-electron chi connectivity index (χ4n) is 1.48. The van der Waals surface area contributed by atoms with Gasteiger partial charge in [0.05, 0.1) is 10.7 Å². The fraction of sp³-hybridized carbons (Fsp3) is 0.0909. The number of halogens is 2. The molecule has 0 aliphatic carbocycles. The Morgan fingerprint density at radius 2 is 1.74 bits per heavy atom. The zero-order valence-electron chi connectivity index (χ0n) is 10.0. The summed E-state index contributed by atoms with van der Waals surface area (Å²) in [5, 5.41) is 4.14. The molecule has 0 amide bonds. The first-order valence-electron chi connectivity index (χ1n) is 5.33. The Morgan fingerprint density at radius 3 is 2.42 bits per heavy atom. The lowest BCUT2D eigenvalue weighted by molar-refractivity contribution is 1.15. The van der Waals surface area contributed by atoms with Gasteiger partial charge in [0.1, 0.15) is 11.6 Å². The van der Waals surface area contributed by atoms with Gasteiger partial charge in [-0.1, -0.05) is 23.2 Å². The minimum Gasteiger partial charge on any atom is -0.368 e. The smallest absolute Gasteiger partial charge is 0.223 e. The van der Waals surface area contributed by atoms with Crippen molar-refractivity contribution in [1.82, 2.24) is 9.97 Å². The first-order chi connectivity index (χ1) is 8.99. The lowest BCUT2D eigenvalue weighted by Crippen LogP contribution is -2.11. The number of nitrogens with zero attached hydrogens (tertiary/aromatic N) is 2. The quantitative estimate of drug-likeness (QED) is 0.513. The van der Waals surface area contributed by atoms with Gasteiger partial charge in [0.15, 0.2) is 0 Å². The van der Waals surface area contributed by atoms with E-state index in [0.717, 1.165) is 5.56 Å². The lowest BCUT2D eigenvalue weighted by Gasteiger charge is -2.11. The molecule has 1 heterocycles. The molecule has 0 spiro atoms. The van der Waals surface area contributed by atoms with Crippen LogP contribution in [0.2, 0.25) is 10.0 Å². The van der Waals surface area contributed by atoms with E-state index in [-0.39, 0.29) is 5.95 Å². The lowest BCUT2D eigenvalue weighted by atomic mass is 10.2. The van der Waals surface area contributed by atoms with Crippen molar-refractivity contribution in [3.05, 3.63) is 33.8 Å². The molecule has 0 aliphatic heterocycles. The molecule has 8 heteroatoms. The minimum absolute atomic E-state index is 0.0901. The van der Waals surface area contributed by atoms with Crippen molar-refractivity contribution in [2.24, 2.45) is 5.84 Å². The highest BCUT2D eigenvalue weighted by atomic mass is 35.5. The monoisotopic (exact) mass is 298 g/mol. The van der Waals surface area contributed by atoms with Gasteiger partial charge >= 0.3 is 0 Å². The topological polar surface area (TPSA) is 102 Å². The van der Waals surface area contributed by atoms with Gasteiger partial charge in [-0.2, -0.15) is 9.97 Å². The third-order valence-electron chi connectivity index (χ3n) is 2.40. The first kappa shape index (κ1) is 13.7. The maximum atomic E-state index is 6.13. The molecule has 0 atom stereocenters. The molecule has 0 bridgehead atoms. The van der Waals surface area contributed by atoms with Gasteiger partial charge in [-0.05, 0) is 24.6 Å².